The molecule has 17 heavy (non-hydrogen) atoms. The van der Waals surface area contributed by atoms with Crippen LogP contribution in [0, 0.1) is 0 Å². The number of nitrogens with zero attached hydrogens (tertiary/aromatic N) is 3. The fraction of sp³-hybridized carbons (Fsp3) is 0.167. The van der Waals surface area contributed by atoms with Gasteiger partial charge in [0.25, 0.3) is 0 Å². The summed E-state index contributed by atoms with van der Waals surface area (Å²) >= 11 is 6.08. The van der Waals surface area contributed by atoms with Crippen LogP contribution in [0.4, 0.5) is 0 Å². The van der Waals surface area contributed by atoms with E-state index in [0.29, 0.717) is 0 Å². The second-order valence-electron chi connectivity index (χ2n) is 3.88. The number of nitrogens with one attached hydrogen (secondary N) is 1. The second kappa shape index (κ2) is 4.22. The highest BCUT2D eigenvalue weighted by Crippen LogP contribution is 2.17. The highest BCUT2D eigenvalue weighted by Gasteiger charge is 2.12. The van der Waals surface area contributed by atoms with Crippen molar-refractivity contribution in [1.82, 2.24) is 14.9 Å². The predicted molar refractivity (Wildman–Crippen MR) is 68.9 cm³/mol. The maximum Gasteiger partial charge on any atom is 0.197 e. The molecular formula is C12H11ClN4. The molecule has 2 aromatic rings. The molecule has 0 fully saturated rings. The molecule has 0 bridgehead atoms. The van der Waals surface area contributed by atoms with Gasteiger partial charge in [-0.3, -0.25) is 4.99 Å². The van der Waals surface area contributed by atoms with Gasteiger partial charge in [-0.2, -0.15) is 0 Å². The van der Waals surface area contributed by atoms with E-state index < -0.39 is 0 Å². The zero-order chi connectivity index (χ0) is 11.7. The molecule has 0 spiro atoms. The van der Waals surface area contributed by atoms with Crippen LogP contribution in [0.3, 0.4) is 0 Å². The van der Waals surface area contributed by atoms with Crippen LogP contribution in [-0.4, -0.2) is 26.7 Å². The van der Waals surface area contributed by atoms with E-state index >= 15 is 0 Å². The summed E-state index contributed by atoms with van der Waals surface area (Å²) in [5.74, 6) is 0. The quantitative estimate of drug-likeness (QED) is 0.654. The van der Waals surface area contributed by atoms with Gasteiger partial charge in [-0.05, 0) is 23.8 Å². The van der Waals surface area contributed by atoms with Crippen LogP contribution in [0.15, 0.2) is 41.8 Å². The molecule has 1 aromatic heterocycles. The number of aromatic amines is 1. The Morgan fingerprint density at radius 2 is 2.35 bits per heavy atom. The van der Waals surface area contributed by atoms with Crippen molar-refractivity contribution in [2.75, 3.05) is 0 Å². The van der Waals surface area contributed by atoms with Crippen molar-refractivity contribution in [2.24, 2.45) is 4.99 Å². The summed E-state index contributed by atoms with van der Waals surface area (Å²) in [6.45, 7) is 0.727. The molecule has 5 heteroatoms. The maximum atomic E-state index is 6.08. The third kappa shape index (κ3) is 2.03. The van der Waals surface area contributed by atoms with Crippen LogP contribution >= 0.6 is 11.6 Å². The first-order valence-electron chi connectivity index (χ1n) is 5.35. The van der Waals surface area contributed by atoms with Crippen molar-refractivity contribution in [3.05, 3.63) is 42.4 Å². The summed E-state index contributed by atoms with van der Waals surface area (Å²) in [7, 11) is 0. The number of hydrogen-bond donors (Lipinski definition) is 1. The van der Waals surface area contributed by atoms with Crippen LogP contribution in [0.1, 0.15) is 5.56 Å². The van der Waals surface area contributed by atoms with E-state index in [-0.39, 0.29) is 5.62 Å². The molecule has 1 N–H and O–H groups in total. The van der Waals surface area contributed by atoms with Crippen molar-refractivity contribution in [1.29, 1.82) is 0 Å². The number of benzene rings is 1. The van der Waals surface area contributed by atoms with E-state index in [4.69, 9.17) is 11.6 Å². The van der Waals surface area contributed by atoms with Gasteiger partial charge in [-0.25, -0.2) is 4.98 Å². The van der Waals surface area contributed by atoms with Crippen LogP contribution in [0.5, 0.6) is 0 Å². The number of halogens is 1. The van der Waals surface area contributed by atoms with E-state index in [1.807, 2.05) is 23.2 Å². The van der Waals surface area contributed by atoms with Gasteiger partial charge >= 0.3 is 0 Å². The number of rotatable bonds is 2. The number of fused-ring (bicyclic) bond motifs is 1. The molecular weight excluding hydrogens is 236 g/mol. The molecule has 0 aliphatic carbocycles. The topological polar surface area (TPSA) is 44.3 Å². The van der Waals surface area contributed by atoms with Gasteiger partial charge in [-0.15, -0.1) is 0 Å². The third-order valence-corrected chi connectivity index (χ3v) is 3.06. The third-order valence-electron chi connectivity index (χ3n) is 2.70. The van der Waals surface area contributed by atoms with E-state index in [1.165, 1.54) is 0 Å². The van der Waals surface area contributed by atoms with Crippen molar-refractivity contribution < 1.29 is 0 Å². The lowest BCUT2D eigenvalue weighted by Gasteiger charge is -2.24. The average Bonchev–Trinajstić information content (AvgIpc) is 2.79. The summed E-state index contributed by atoms with van der Waals surface area (Å²) < 4.78 is 0. The van der Waals surface area contributed by atoms with Crippen LogP contribution < -0.4 is 0 Å². The van der Waals surface area contributed by atoms with Gasteiger partial charge in [0, 0.05) is 19.0 Å². The monoisotopic (exact) mass is 246 g/mol. The zero-order valence-corrected chi connectivity index (χ0v) is 9.80. The fourth-order valence-electron chi connectivity index (χ4n) is 1.84. The fourth-order valence-corrected chi connectivity index (χ4v) is 2.04. The Hall–Kier alpha value is -1.81. The van der Waals surface area contributed by atoms with Gasteiger partial charge < -0.3 is 9.88 Å². The molecule has 2 heterocycles. The number of H-pyrrole nitrogens is 1. The van der Waals surface area contributed by atoms with E-state index in [9.17, 15) is 0 Å². The van der Waals surface area contributed by atoms with Crippen LogP contribution in [0.25, 0.3) is 11.0 Å². The molecule has 0 radical (unpaired) electrons. The second-order valence-corrected chi connectivity index (χ2v) is 4.27. The summed E-state index contributed by atoms with van der Waals surface area (Å²) in [4.78, 5) is 13.4. The highest BCUT2D eigenvalue weighted by atomic mass is 35.5. The minimum atomic E-state index is -0.324. The van der Waals surface area contributed by atoms with E-state index in [0.717, 1.165) is 23.1 Å². The Bertz CT molecular complexity index is 587. The molecule has 0 amide bonds. The van der Waals surface area contributed by atoms with Crippen LogP contribution in [-0.2, 0) is 6.54 Å². The minimum Gasteiger partial charge on any atom is -0.345 e. The lowest BCUT2D eigenvalue weighted by molar-refractivity contribution is 0.345. The lowest BCUT2D eigenvalue weighted by Crippen LogP contribution is -2.25. The summed E-state index contributed by atoms with van der Waals surface area (Å²) in [6, 6.07) is 6.15. The number of aliphatic imine (C=N–C) groups is 1. The average molecular weight is 247 g/mol. The molecule has 1 aromatic carbocycles. The predicted octanol–water partition coefficient (Wildman–Crippen LogP) is 2.49. The Balaban J connectivity index is 1.84. The smallest absolute Gasteiger partial charge is 0.197 e. The molecule has 4 nitrogen and oxygen atoms in total. The van der Waals surface area contributed by atoms with Crippen LogP contribution in [0.2, 0.25) is 0 Å². The van der Waals surface area contributed by atoms with Crippen molar-refractivity contribution in [2.45, 2.75) is 12.2 Å². The SMILES string of the molecule is ClC1N=CC=CN1Cc1ccc2[nH]cnc2c1. The maximum absolute atomic E-state index is 6.08. The summed E-state index contributed by atoms with van der Waals surface area (Å²) in [6.07, 6.45) is 7.24. The molecule has 3 rings (SSSR count). The minimum absolute atomic E-state index is 0.324. The van der Waals surface area contributed by atoms with Gasteiger partial charge in [0.1, 0.15) is 0 Å². The van der Waals surface area contributed by atoms with Gasteiger partial charge in [0.05, 0.1) is 17.4 Å². The molecule has 1 atom stereocenters. The Morgan fingerprint density at radius 3 is 3.24 bits per heavy atom. The molecule has 0 saturated heterocycles. The number of hydrogen-bond acceptors (Lipinski definition) is 3. The van der Waals surface area contributed by atoms with E-state index in [1.54, 1.807) is 12.5 Å². The Morgan fingerprint density at radius 1 is 1.41 bits per heavy atom. The number of allylic oxidation sites excluding steroid dienone is 1. The van der Waals surface area contributed by atoms with Crippen molar-refractivity contribution in [3.8, 4) is 0 Å². The molecule has 0 saturated carbocycles. The molecule has 86 valence electrons. The normalized spacial score (nSPS) is 19.1. The van der Waals surface area contributed by atoms with Crippen molar-refractivity contribution >= 4 is 28.8 Å². The molecule has 1 aliphatic rings. The first-order valence-corrected chi connectivity index (χ1v) is 5.78. The van der Waals surface area contributed by atoms with Gasteiger partial charge in [-0.1, -0.05) is 17.7 Å². The standard InChI is InChI=1S/C12H11ClN4/c13-12-14-4-1-5-17(12)7-9-2-3-10-11(6-9)16-8-15-10/h1-6,8,12H,7H2,(H,15,16). The van der Waals surface area contributed by atoms with E-state index in [2.05, 4.69) is 27.1 Å². The van der Waals surface area contributed by atoms with Gasteiger partial charge in [0.15, 0.2) is 5.62 Å². The highest BCUT2D eigenvalue weighted by molar-refractivity contribution is 6.20. The first kappa shape index (κ1) is 10.4. The lowest BCUT2D eigenvalue weighted by atomic mass is 10.2. The molecule has 1 aliphatic heterocycles. The van der Waals surface area contributed by atoms with Gasteiger partial charge in [0.2, 0.25) is 0 Å². The summed E-state index contributed by atoms with van der Waals surface area (Å²) in [5, 5.41) is 0. The number of aromatic nitrogens is 2. The Kier molecular flexibility index (Phi) is 2.57. The first-order chi connectivity index (χ1) is 8.33. The zero-order valence-electron chi connectivity index (χ0n) is 9.05. The largest absolute Gasteiger partial charge is 0.345 e. The molecule has 1 unspecified atom stereocenters. The number of imidazole rings is 1. The summed E-state index contributed by atoms with van der Waals surface area (Å²) in [5.41, 5.74) is 2.85. The number of alkyl halides is 1. The van der Waals surface area contributed by atoms with Crippen molar-refractivity contribution in [3.63, 3.8) is 0 Å². The Labute approximate surface area is 104 Å².